The van der Waals surface area contributed by atoms with Crippen LogP contribution in [0.15, 0.2) is 29.8 Å². The minimum Gasteiger partial charge on any atom is -0.494 e. The first-order valence-corrected chi connectivity index (χ1v) is 5.32. The lowest BCUT2D eigenvalue weighted by Crippen LogP contribution is -2.12. The highest BCUT2D eigenvalue weighted by atomic mass is 16.5. The van der Waals surface area contributed by atoms with Crippen molar-refractivity contribution in [2.24, 2.45) is 5.73 Å². The molecule has 0 spiro atoms. The average Bonchev–Trinajstić information content (AvgIpc) is 2.34. The highest BCUT2D eigenvalue weighted by Crippen LogP contribution is 2.14. The molecule has 0 aliphatic rings. The standard InChI is InChI=1S/C13H14N2O2/c1-2-7-17-12-5-3-10(4-6-12)8-11(9-14)13(15)16/h3-6,8H,2,7H2,1H3,(H2,15,16)/b11-8-. The molecular weight excluding hydrogens is 216 g/mol. The zero-order valence-corrected chi connectivity index (χ0v) is 9.64. The van der Waals surface area contributed by atoms with E-state index in [1.807, 2.05) is 6.92 Å². The Balaban J connectivity index is 2.81. The average molecular weight is 230 g/mol. The quantitative estimate of drug-likeness (QED) is 0.619. The highest BCUT2D eigenvalue weighted by molar-refractivity contribution is 6.00. The van der Waals surface area contributed by atoms with Gasteiger partial charge in [-0.2, -0.15) is 5.26 Å². The lowest BCUT2D eigenvalue weighted by molar-refractivity contribution is -0.114. The molecule has 1 rings (SSSR count). The first-order valence-electron chi connectivity index (χ1n) is 5.32. The predicted molar refractivity (Wildman–Crippen MR) is 65.0 cm³/mol. The lowest BCUT2D eigenvalue weighted by Gasteiger charge is -2.04. The van der Waals surface area contributed by atoms with Crippen LogP contribution in [0.4, 0.5) is 0 Å². The third-order valence-electron chi connectivity index (χ3n) is 2.05. The number of carbonyl (C=O) groups is 1. The Labute approximate surface area is 100 Å². The van der Waals surface area contributed by atoms with Crippen molar-refractivity contribution in [1.82, 2.24) is 0 Å². The van der Waals surface area contributed by atoms with Crippen LogP contribution in [0.5, 0.6) is 5.75 Å². The van der Waals surface area contributed by atoms with Crippen molar-refractivity contribution in [3.63, 3.8) is 0 Å². The van der Waals surface area contributed by atoms with Crippen molar-refractivity contribution in [3.05, 3.63) is 35.4 Å². The van der Waals surface area contributed by atoms with E-state index in [0.717, 1.165) is 17.7 Å². The van der Waals surface area contributed by atoms with Gasteiger partial charge < -0.3 is 10.5 Å². The maximum absolute atomic E-state index is 10.8. The summed E-state index contributed by atoms with van der Waals surface area (Å²) in [4.78, 5) is 10.8. The largest absolute Gasteiger partial charge is 0.494 e. The molecule has 0 aliphatic heterocycles. The summed E-state index contributed by atoms with van der Waals surface area (Å²) in [5.41, 5.74) is 5.71. The summed E-state index contributed by atoms with van der Waals surface area (Å²) in [6.07, 6.45) is 2.40. The number of hydrogen-bond acceptors (Lipinski definition) is 3. The van der Waals surface area contributed by atoms with Crippen molar-refractivity contribution in [2.45, 2.75) is 13.3 Å². The Morgan fingerprint density at radius 1 is 1.47 bits per heavy atom. The van der Waals surface area contributed by atoms with E-state index in [9.17, 15) is 4.79 Å². The molecule has 1 aromatic rings. The fraction of sp³-hybridized carbons (Fsp3) is 0.231. The fourth-order valence-electron chi connectivity index (χ4n) is 1.21. The van der Waals surface area contributed by atoms with E-state index < -0.39 is 5.91 Å². The zero-order valence-electron chi connectivity index (χ0n) is 9.64. The molecule has 0 unspecified atom stereocenters. The van der Waals surface area contributed by atoms with Crippen LogP contribution in [0.2, 0.25) is 0 Å². The summed E-state index contributed by atoms with van der Waals surface area (Å²) in [7, 11) is 0. The van der Waals surface area contributed by atoms with Crippen molar-refractivity contribution in [2.75, 3.05) is 6.61 Å². The van der Waals surface area contributed by atoms with Crippen molar-refractivity contribution in [1.29, 1.82) is 5.26 Å². The summed E-state index contributed by atoms with van der Waals surface area (Å²) >= 11 is 0. The topological polar surface area (TPSA) is 76.1 Å². The van der Waals surface area contributed by atoms with Crippen LogP contribution in [-0.2, 0) is 4.79 Å². The maximum atomic E-state index is 10.8. The van der Waals surface area contributed by atoms with Gasteiger partial charge in [-0.05, 0) is 30.2 Å². The van der Waals surface area contributed by atoms with Gasteiger partial charge in [-0.3, -0.25) is 4.79 Å². The van der Waals surface area contributed by atoms with Crippen molar-refractivity contribution in [3.8, 4) is 11.8 Å². The van der Waals surface area contributed by atoms with E-state index >= 15 is 0 Å². The molecule has 0 aromatic heterocycles. The number of amides is 1. The predicted octanol–water partition coefficient (Wildman–Crippen LogP) is 1.87. The highest BCUT2D eigenvalue weighted by Gasteiger charge is 2.03. The molecule has 0 radical (unpaired) electrons. The first kappa shape index (κ1) is 12.8. The number of nitrogens with two attached hydrogens (primary N) is 1. The summed E-state index contributed by atoms with van der Waals surface area (Å²) in [5, 5.41) is 8.68. The van der Waals surface area contributed by atoms with Crippen molar-refractivity contribution < 1.29 is 9.53 Å². The Bertz CT molecular complexity index is 455. The Morgan fingerprint density at radius 2 is 2.12 bits per heavy atom. The van der Waals surface area contributed by atoms with Crippen LogP contribution >= 0.6 is 0 Å². The van der Waals surface area contributed by atoms with E-state index in [0.29, 0.717) is 6.61 Å². The molecule has 17 heavy (non-hydrogen) atoms. The van der Waals surface area contributed by atoms with Gasteiger partial charge in [0.25, 0.3) is 5.91 Å². The molecule has 2 N–H and O–H groups in total. The lowest BCUT2D eigenvalue weighted by atomic mass is 10.1. The Hall–Kier alpha value is -2.28. The summed E-state index contributed by atoms with van der Waals surface area (Å²) in [6.45, 7) is 2.70. The Morgan fingerprint density at radius 3 is 2.59 bits per heavy atom. The number of ether oxygens (including phenoxy) is 1. The molecule has 0 saturated heterocycles. The van der Waals surface area contributed by atoms with Gasteiger partial charge in [0, 0.05) is 0 Å². The maximum Gasteiger partial charge on any atom is 0.259 e. The third kappa shape index (κ3) is 3.99. The van der Waals surface area contributed by atoms with Crippen molar-refractivity contribution >= 4 is 12.0 Å². The normalized spacial score (nSPS) is 10.7. The number of benzene rings is 1. The number of hydrogen-bond donors (Lipinski definition) is 1. The molecule has 0 aliphatic carbocycles. The van der Waals surface area contributed by atoms with Crippen LogP contribution < -0.4 is 10.5 Å². The monoisotopic (exact) mass is 230 g/mol. The number of nitriles is 1. The molecule has 4 heteroatoms. The van der Waals surface area contributed by atoms with Gasteiger partial charge >= 0.3 is 0 Å². The zero-order chi connectivity index (χ0) is 12.7. The molecule has 4 nitrogen and oxygen atoms in total. The summed E-state index contributed by atoms with van der Waals surface area (Å²) in [5.74, 6) is 0.0420. The number of rotatable bonds is 5. The molecule has 88 valence electrons. The fourth-order valence-corrected chi connectivity index (χ4v) is 1.21. The molecule has 0 bridgehead atoms. The van der Waals surface area contributed by atoms with Crippen LogP contribution in [0.1, 0.15) is 18.9 Å². The van der Waals surface area contributed by atoms with E-state index in [-0.39, 0.29) is 5.57 Å². The van der Waals surface area contributed by atoms with Crippen LogP contribution in [0, 0.1) is 11.3 Å². The second kappa shape index (κ2) is 6.33. The Kier molecular flexibility index (Phi) is 4.77. The molecule has 0 heterocycles. The van der Waals surface area contributed by atoms with Gasteiger partial charge in [-0.25, -0.2) is 0 Å². The van der Waals surface area contributed by atoms with Crippen LogP contribution in [0.25, 0.3) is 6.08 Å². The smallest absolute Gasteiger partial charge is 0.259 e. The van der Waals surface area contributed by atoms with E-state index in [1.54, 1.807) is 30.3 Å². The van der Waals surface area contributed by atoms with E-state index in [2.05, 4.69) is 0 Å². The number of primary amides is 1. The van der Waals surface area contributed by atoms with Gasteiger partial charge in [-0.15, -0.1) is 0 Å². The van der Waals surface area contributed by atoms with Crippen LogP contribution in [0.3, 0.4) is 0 Å². The van der Waals surface area contributed by atoms with Gasteiger partial charge in [-0.1, -0.05) is 19.1 Å². The summed E-state index contributed by atoms with van der Waals surface area (Å²) < 4.78 is 5.41. The third-order valence-corrected chi connectivity index (χ3v) is 2.05. The van der Waals surface area contributed by atoms with Gasteiger partial charge in [0.05, 0.1) is 6.61 Å². The number of nitrogens with zero attached hydrogens (tertiary/aromatic N) is 1. The summed E-state index contributed by atoms with van der Waals surface area (Å²) in [6, 6.07) is 8.87. The molecular formula is C13H14N2O2. The SMILES string of the molecule is CCCOc1ccc(/C=C(/C#N)C(N)=O)cc1. The van der Waals surface area contributed by atoms with Crippen LogP contribution in [-0.4, -0.2) is 12.5 Å². The molecule has 1 aromatic carbocycles. The second-order valence-corrected chi connectivity index (χ2v) is 3.45. The molecule has 0 atom stereocenters. The second-order valence-electron chi connectivity index (χ2n) is 3.45. The number of carbonyl (C=O) groups excluding carboxylic acids is 1. The molecule has 0 fully saturated rings. The minimum absolute atomic E-state index is 0.0628. The minimum atomic E-state index is -0.723. The van der Waals surface area contributed by atoms with Gasteiger partial charge in [0.1, 0.15) is 17.4 Å². The van der Waals surface area contributed by atoms with E-state index in [4.69, 9.17) is 15.7 Å². The van der Waals surface area contributed by atoms with Gasteiger partial charge in [0.2, 0.25) is 0 Å². The van der Waals surface area contributed by atoms with Gasteiger partial charge in [0.15, 0.2) is 0 Å². The van der Waals surface area contributed by atoms with E-state index in [1.165, 1.54) is 6.08 Å². The molecule has 1 amide bonds. The first-order chi connectivity index (χ1) is 8.17. The molecule has 0 saturated carbocycles.